The number of unbranched alkanes of at least 4 members (excludes halogenated alkanes) is 4. The molecule has 0 aliphatic rings. The molecule has 0 bridgehead atoms. The first-order valence-electron chi connectivity index (χ1n) is 12.0. The maximum Gasteiger partial charge on any atom is 0.264 e. The van der Waals surface area contributed by atoms with Gasteiger partial charge in [-0.05, 0) is 55.7 Å². The minimum absolute atomic E-state index is 0.169. The Hall–Kier alpha value is -2.66. The molecular weight excluding hydrogens is 482 g/mol. The highest BCUT2D eigenvalue weighted by Crippen LogP contribution is 2.24. The summed E-state index contributed by atoms with van der Waals surface area (Å²) >= 11 is 3.95. The molecule has 1 unspecified atom stereocenters. The summed E-state index contributed by atoms with van der Waals surface area (Å²) in [6, 6.07) is 10.9. The molecular formula is C27H31ClN3O3S-. The lowest BCUT2D eigenvalue weighted by atomic mass is 10.1. The molecule has 0 radical (unpaired) electrons. The predicted molar refractivity (Wildman–Crippen MR) is 141 cm³/mol. The number of amides is 1. The Labute approximate surface area is 215 Å². The van der Waals surface area contributed by atoms with E-state index < -0.39 is 17.2 Å². The second-order valence-corrected chi connectivity index (χ2v) is 9.77. The molecule has 3 rings (SSSR count). The van der Waals surface area contributed by atoms with Crippen LogP contribution >= 0.6 is 11.6 Å². The molecule has 1 amide bonds. The number of benzene rings is 2. The molecule has 0 saturated heterocycles. The summed E-state index contributed by atoms with van der Waals surface area (Å²) in [6.45, 7) is 6.70. The van der Waals surface area contributed by atoms with Crippen molar-refractivity contribution in [2.45, 2.75) is 65.8 Å². The van der Waals surface area contributed by atoms with Crippen LogP contribution in [-0.4, -0.2) is 35.1 Å². The Kier molecular flexibility index (Phi) is 9.91. The molecule has 2 aromatic carbocycles. The first-order valence-corrected chi connectivity index (χ1v) is 13.4. The summed E-state index contributed by atoms with van der Waals surface area (Å²) in [5.74, 6) is 6.57. The fraction of sp³-hybridized carbons (Fsp3) is 0.407. The van der Waals surface area contributed by atoms with Crippen LogP contribution in [-0.2, 0) is 17.8 Å². The van der Waals surface area contributed by atoms with Gasteiger partial charge in [-0.15, -0.1) is 0 Å². The van der Waals surface area contributed by atoms with Crippen LogP contribution in [0.5, 0.6) is 0 Å². The number of imidazole rings is 1. The topological polar surface area (TPSA) is 78.3 Å². The van der Waals surface area contributed by atoms with Gasteiger partial charge in [-0.25, -0.2) is 4.98 Å². The number of carbonyl (C=O) groups is 1. The second-order valence-electron chi connectivity index (χ2n) is 8.49. The van der Waals surface area contributed by atoms with Gasteiger partial charge in [-0.3, -0.25) is 13.3 Å². The Morgan fingerprint density at radius 3 is 2.60 bits per heavy atom. The standard InChI is InChI=1S/C27H32ClN3O3S/c1-4-6-8-9-11-21-12-13-23(24(28)17-21)19-30-20(3)29-25-15-14-22(18-26(25)30)27(32)31(35(33)34)16-10-7-5-2/h12-15,17-18H,4-8,10,16,19H2,1-3H3,(H,33,34)/p-1. The third-order valence-corrected chi connectivity index (χ3v) is 6.89. The summed E-state index contributed by atoms with van der Waals surface area (Å²) in [5.41, 5.74) is 3.58. The van der Waals surface area contributed by atoms with Crippen molar-refractivity contribution in [3.8, 4) is 11.8 Å². The third kappa shape index (κ3) is 6.94. The molecule has 0 fully saturated rings. The van der Waals surface area contributed by atoms with Gasteiger partial charge in [0.2, 0.25) is 0 Å². The van der Waals surface area contributed by atoms with E-state index in [9.17, 15) is 13.6 Å². The van der Waals surface area contributed by atoms with Gasteiger partial charge >= 0.3 is 0 Å². The summed E-state index contributed by atoms with van der Waals surface area (Å²) in [7, 11) is 0. The summed E-state index contributed by atoms with van der Waals surface area (Å²) in [4.78, 5) is 17.6. The van der Waals surface area contributed by atoms with Gasteiger partial charge in [0, 0.05) is 40.4 Å². The van der Waals surface area contributed by atoms with Crippen LogP contribution in [0.3, 0.4) is 0 Å². The van der Waals surface area contributed by atoms with Crippen molar-refractivity contribution in [3.05, 3.63) is 63.9 Å². The minimum atomic E-state index is -2.63. The van der Waals surface area contributed by atoms with Crippen molar-refractivity contribution < 1.29 is 13.6 Å². The monoisotopic (exact) mass is 512 g/mol. The molecule has 0 aliphatic carbocycles. The van der Waals surface area contributed by atoms with Gasteiger partial charge in [-0.1, -0.05) is 62.6 Å². The van der Waals surface area contributed by atoms with E-state index >= 15 is 0 Å². The smallest absolute Gasteiger partial charge is 0.264 e. The van der Waals surface area contributed by atoms with E-state index in [0.717, 1.165) is 64.4 Å². The molecule has 0 N–H and O–H groups in total. The number of aromatic nitrogens is 2. The van der Waals surface area contributed by atoms with E-state index in [-0.39, 0.29) is 6.54 Å². The normalized spacial score (nSPS) is 11.8. The number of fused-ring (bicyclic) bond motifs is 1. The SMILES string of the molecule is CCCCC#Cc1ccc(Cn2c(C)nc3ccc(C(=O)N(CCCCC)S(=O)[O-])cc32)c(Cl)c1. The van der Waals surface area contributed by atoms with Crippen LogP contribution in [0, 0.1) is 18.8 Å². The lowest BCUT2D eigenvalue weighted by Gasteiger charge is -2.24. The lowest BCUT2D eigenvalue weighted by Crippen LogP contribution is -2.33. The number of nitrogens with zero attached hydrogens (tertiary/aromatic N) is 3. The van der Waals surface area contributed by atoms with Crippen molar-refractivity contribution in [2.75, 3.05) is 6.54 Å². The molecule has 1 aromatic heterocycles. The van der Waals surface area contributed by atoms with Crippen molar-refractivity contribution in [1.82, 2.24) is 13.9 Å². The van der Waals surface area contributed by atoms with Crippen LogP contribution in [0.2, 0.25) is 5.02 Å². The highest BCUT2D eigenvalue weighted by molar-refractivity contribution is 7.77. The average Bonchev–Trinajstić information content (AvgIpc) is 3.14. The van der Waals surface area contributed by atoms with E-state index in [1.807, 2.05) is 36.6 Å². The van der Waals surface area contributed by atoms with Crippen LogP contribution in [0.4, 0.5) is 0 Å². The van der Waals surface area contributed by atoms with Crippen LogP contribution < -0.4 is 0 Å². The number of carbonyl (C=O) groups excluding carboxylic acids is 1. The van der Waals surface area contributed by atoms with Crippen molar-refractivity contribution in [3.63, 3.8) is 0 Å². The summed E-state index contributed by atoms with van der Waals surface area (Å²) < 4.78 is 26.3. The Morgan fingerprint density at radius 1 is 1.14 bits per heavy atom. The molecule has 8 heteroatoms. The molecule has 1 heterocycles. The first-order chi connectivity index (χ1) is 16.8. The van der Waals surface area contributed by atoms with Gasteiger partial charge in [0.15, 0.2) is 0 Å². The molecule has 0 saturated carbocycles. The minimum Gasteiger partial charge on any atom is -0.755 e. The quantitative estimate of drug-likeness (QED) is 0.189. The zero-order valence-electron chi connectivity index (χ0n) is 20.5. The van der Waals surface area contributed by atoms with E-state index in [1.165, 1.54) is 0 Å². The molecule has 6 nitrogen and oxygen atoms in total. The summed E-state index contributed by atoms with van der Waals surface area (Å²) in [6.07, 6.45) is 5.49. The lowest BCUT2D eigenvalue weighted by molar-refractivity contribution is 0.0857. The molecule has 0 aliphatic heterocycles. The maximum absolute atomic E-state index is 13.0. The van der Waals surface area contributed by atoms with Gasteiger partial charge in [0.25, 0.3) is 5.91 Å². The molecule has 0 spiro atoms. The Bertz CT molecular complexity index is 1280. The van der Waals surface area contributed by atoms with Gasteiger partial charge in [-0.2, -0.15) is 0 Å². The third-order valence-electron chi connectivity index (χ3n) is 5.83. The van der Waals surface area contributed by atoms with Gasteiger partial charge in [0.1, 0.15) is 5.82 Å². The molecule has 35 heavy (non-hydrogen) atoms. The maximum atomic E-state index is 13.0. The largest absolute Gasteiger partial charge is 0.755 e. The summed E-state index contributed by atoms with van der Waals surface area (Å²) in [5, 5.41) is 0.615. The van der Waals surface area contributed by atoms with E-state index in [2.05, 4.69) is 23.7 Å². The number of rotatable bonds is 10. The molecule has 1 atom stereocenters. The zero-order valence-corrected chi connectivity index (χ0v) is 22.0. The van der Waals surface area contributed by atoms with Crippen LogP contribution in [0.1, 0.15) is 79.7 Å². The van der Waals surface area contributed by atoms with Crippen molar-refractivity contribution in [1.29, 1.82) is 0 Å². The van der Waals surface area contributed by atoms with E-state index in [0.29, 0.717) is 23.6 Å². The van der Waals surface area contributed by atoms with Crippen LogP contribution in [0.15, 0.2) is 36.4 Å². The fourth-order valence-electron chi connectivity index (χ4n) is 3.82. The molecule has 3 aromatic rings. The number of halogens is 1. The highest BCUT2D eigenvalue weighted by Gasteiger charge is 2.19. The van der Waals surface area contributed by atoms with E-state index in [4.69, 9.17) is 11.6 Å². The zero-order chi connectivity index (χ0) is 25.4. The number of aryl methyl sites for hydroxylation is 1. The van der Waals surface area contributed by atoms with Crippen molar-refractivity contribution in [2.24, 2.45) is 0 Å². The first kappa shape index (κ1) is 26.9. The number of hydrogen-bond donors (Lipinski definition) is 0. The van der Waals surface area contributed by atoms with Crippen LogP contribution in [0.25, 0.3) is 11.0 Å². The Morgan fingerprint density at radius 2 is 1.91 bits per heavy atom. The second kappa shape index (κ2) is 12.9. The van der Waals surface area contributed by atoms with Crippen molar-refractivity contribution >= 4 is 39.8 Å². The average molecular weight is 513 g/mol. The number of hydrogen-bond acceptors (Lipinski definition) is 4. The molecule has 186 valence electrons. The highest BCUT2D eigenvalue weighted by atomic mass is 35.5. The van der Waals surface area contributed by atoms with Gasteiger partial charge in [0.05, 0.1) is 17.6 Å². The van der Waals surface area contributed by atoms with Gasteiger partial charge < -0.3 is 9.12 Å². The Balaban J connectivity index is 1.88. The van der Waals surface area contributed by atoms with E-state index in [1.54, 1.807) is 18.2 Å². The predicted octanol–water partition coefficient (Wildman–Crippen LogP) is 6.01. The fourth-order valence-corrected chi connectivity index (χ4v) is 4.58.